The molecule has 1 aliphatic heterocycles. The highest BCUT2D eigenvalue weighted by atomic mass is 16.4. The largest absolute Gasteiger partial charge is 0.478 e. The minimum Gasteiger partial charge on any atom is -0.478 e. The van der Waals surface area contributed by atoms with Crippen molar-refractivity contribution >= 4 is 23.5 Å². The SMILES string of the molecule is O=C(O)c1cccc(NCN2C(=O)c3cccnc3C2=O)c1. The van der Waals surface area contributed by atoms with E-state index in [4.69, 9.17) is 5.11 Å². The molecular formula is C15H11N3O4. The molecule has 7 nitrogen and oxygen atoms in total. The first-order chi connectivity index (χ1) is 10.6. The van der Waals surface area contributed by atoms with Crippen molar-refractivity contribution in [2.24, 2.45) is 0 Å². The number of carbonyl (C=O) groups is 3. The molecule has 0 radical (unpaired) electrons. The van der Waals surface area contributed by atoms with Crippen LogP contribution in [0.25, 0.3) is 0 Å². The molecule has 0 saturated carbocycles. The summed E-state index contributed by atoms with van der Waals surface area (Å²) in [5.74, 6) is -1.94. The number of pyridine rings is 1. The van der Waals surface area contributed by atoms with Crippen molar-refractivity contribution in [3.05, 3.63) is 59.4 Å². The lowest BCUT2D eigenvalue weighted by atomic mass is 10.2. The smallest absolute Gasteiger partial charge is 0.335 e. The molecule has 1 aromatic heterocycles. The van der Waals surface area contributed by atoms with Crippen LogP contribution in [0.2, 0.25) is 0 Å². The molecule has 0 atom stereocenters. The number of carboxylic acids is 1. The second-order valence-electron chi connectivity index (χ2n) is 4.66. The summed E-state index contributed by atoms with van der Waals surface area (Å²) in [6.45, 7) is -0.0584. The van der Waals surface area contributed by atoms with E-state index in [-0.39, 0.29) is 23.5 Å². The van der Waals surface area contributed by atoms with Crippen molar-refractivity contribution in [3.8, 4) is 0 Å². The third kappa shape index (κ3) is 2.28. The molecule has 2 amide bonds. The average molecular weight is 297 g/mol. The van der Waals surface area contributed by atoms with Crippen LogP contribution in [-0.4, -0.2) is 39.4 Å². The van der Waals surface area contributed by atoms with Crippen molar-refractivity contribution in [2.75, 3.05) is 12.0 Å². The van der Waals surface area contributed by atoms with Gasteiger partial charge in [-0.2, -0.15) is 0 Å². The summed E-state index contributed by atoms with van der Waals surface area (Å²) in [5.41, 5.74) is 1.03. The Morgan fingerprint density at radius 2 is 2.00 bits per heavy atom. The summed E-state index contributed by atoms with van der Waals surface area (Å²) in [6, 6.07) is 9.27. The maximum absolute atomic E-state index is 12.1. The van der Waals surface area contributed by atoms with Crippen LogP contribution in [0.3, 0.4) is 0 Å². The Labute approximate surface area is 125 Å². The topological polar surface area (TPSA) is 99.6 Å². The molecule has 2 N–H and O–H groups in total. The van der Waals surface area contributed by atoms with Gasteiger partial charge >= 0.3 is 5.97 Å². The van der Waals surface area contributed by atoms with E-state index in [0.29, 0.717) is 5.69 Å². The number of nitrogens with one attached hydrogen (secondary N) is 1. The van der Waals surface area contributed by atoms with Gasteiger partial charge in [-0.15, -0.1) is 0 Å². The number of amides is 2. The first-order valence-electron chi connectivity index (χ1n) is 6.46. The molecule has 1 aromatic carbocycles. The van der Waals surface area contributed by atoms with Gasteiger partial charge in [-0.05, 0) is 30.3 Å². The number of imide groups is 1. The van der Waals surface area contributed by atoms with E-state index in [1.54, 1.807) is 24.3 Å². The highest BCUT2D eigenvalue weighted by molar-refractivity contribution is 6.20. The van der Waals surface area contributed by atoms with Crippen molar-refractivity contribution in [1.29, 1.82) is 0 Å². The highest BCUT2D eigenvalue weighted by Gasteiger charge is 2.36. The van der Waals surface area contributed by atoms with Crippen LogP contribution >= 0.6 is 0 Å². The molecule has 0 bridgehead atoms. The van der Waals surface area contributed by atoms with Gasteiger partial charge in [0.25, 0.3) is 11.8 Å². The van der Waals surface area contributed by atoms with Crippen molar-refractivity contribution in [2.45, 2.75) is 0 Å². The molecule has 3 rings (SSSR count). The number of hydrogen-bond acceptors (Lipinski definition) is 5. The summed E-state index contributed by atoms with van der Waals surface area (Å²) >= 11 is 0. The van der Waals surface area contributed by atoms with Gasteiger partial charge in [0.2, 0.25) is 0 Å². The Bertz CT molecular complexity index is 753. The van der Waals surface area contributed by atoms with Crippen LogP contribution in [-0.2, 0) is 0 Å². The average Bonchev–Trinajstić information content (AvgIpc) is 2.78. The maximum Gasteiger partial charge on any atom is 0.335 e. The molecule has 2 heterocycles. The number of nitrogens with zero attached hydrogens (tertiary/aromatic N) is 2. The van der Waals surface area contributed by atoms with E-state index in [1.165, 1.54) is 18.3 Å². The van der Waals surface area contributed by atoms with Crippen molar-refractivity contribution < 1.29 is 19.5 Å². The third-order valence-electron chi connectivity index (χ3n) is 3.28. The van der Waals surface area contributed by atoms with E-state index < -0.39 is 17.8 Å². The predicted octanol–water partition coefficient (Wildman–Crippen LogP) is 1.45. The van der Waals surface area contributed by atoms with E-state index >= 15 is 0 Å². The number of benzene rings is 1. The van der Waals surface area contributed by atoms with Crippen LogP contribution in [0.5, 0.6) is 0 Å². The van der Waals surface area contributed by atoms with Crippen LogP contribution in [0.4, 0.5) is 5.69 Å². The molecule has 7 heteroatoms. The standard InChI is InChI=1S/C15H11N3O4/c19-13-11-5-2-6-16-12(11)14(20)18(13)8-17-10-4-1-3-9(7-10)15(21)22/h1-7,17H,8H2,(H,21,22). The molecule has 1 aliphatic rings. The van der Waals surface area contributed by atoms with E-state index in [2.05, 4.69) is 10.3 Å². The number of carbonyl (C=O) groups excluding carboxylic acids is 2. The van der Waals surface area contributed by atoms with Gasteiger partial charge in [-0.3, -0.25) is 19.5 Å². The molecule has 0 saturated heterocycles. The van der Waals surface area contributed by atoms with Gasteiger partial charge in [-0.1, -0.05) is 6.07 Å². The molecular weight excluding hydrogens is 286 g/mol. The van der Waals surface area contributed by atoms with Gasteiger partial charge in [0.05, 0.1) is 17.8 Å². The summed E-state index contributed by atoms with van der Waals surface area (Å²) in [5, 5.41) is 11.8. The summed E-state index contributed by atoms with van der Waals surface area (Å²) in [6.07, 6.45) is 1.46. The number of fused-ring (bicyclic) bond motifs is 1. The number of hydrogen-bond donors (Lipinski definition) is 2. The molecule has 0 spiro atoms. The molecule has 2 aromatic rings. The second kappa shape index (κ2) is 5.28. The van der Waals surface area contributed by atoms with Crippen LogP contribution in [0.1, 0.15) is 31.2 Å². The van der Waals surface area contributed by atoms with Crippen LogP contribution in [0.15, 0.2) is 42.6 Å². The van der Waals surface area contributed by atoms with E-state index in [9.17, 15) is 14.4 Å². The lowest BCUT2D eigenvalue weighted by Gasteiger charge is -2.15. The molecule has 0 unspecified atom stereocenters. The van der Waals surface area contributed by atoms with Crippen molar-refractivity contribution in [1.82, 2.24) is 9.88 Å². The number of rotatable bonds is 4. The minimum absolute atomic E-state index is 0.0584. The van der Waals surface area contributed by atoms with E-state index in [1.807, 2.05) is 0 Å². The first kappa shape index (κ1) is 13.7. The Hall–Kier alpha value is -3.22. The first-order valence-corrected chi connectivity index (χ1v) is 6.46. The summed E-state index contributed by atoms with van der Waals surface area (Å²) in [7, 11) is 0. The zero-order valence-electron chi connectivity index (χ0n) is 11.3. The Kier molecular flexibility index (Phi) is 3.30. The zero-order valence-corrected chi connectivity index (χ0v) is 11.3. The van der Waals surface area contributed by atoms with Gasteiger partial charge in [0, 0.05) is 11.9 Å². The summed E-state index contributed by atoms with van der Waals surface area (Å²) < 4.78 is 0. The lowest BCUT2D eigenvalue weighted by Crippen LogP contribution is -2.34. The fraction of sp³-hybridized carbons (Fsp3) is 0.0667. The summed E-state index contributed by atoms with van der Waals surface area (Å²) in [4.78, 5) is 40.1. The van der Waals surface area contributed by atoms with Crippen LogP contribution < -0.4 is 5.32 Å². The predicted molar refractivity (Wildman–Crippen MR) is 76.6 cm³/mol. The van der Waals surface area contributed by atoms with Gasteiger partial charge < -0.3 is 10.4 Å². The minimum atomic E-state index is -1.05. The Morgan fingerprint density at radius 3 is 2.73 bits per heavy atom. The monoisotopic (exact) mass is 297 g/mol. The Balaban J connectivity index is 1.76. The second-order valence-corrected chi connectivity index (χ2v) is 4.66. The number of aromatic carboxylic acids is 1. The molecule has 0 aliphatic carbocycles. The molecule has 22 heavy (non-hydrogen) atoms. The lowest BCUT2D eigenvalue weighted by molar-refractivity contribution is 0.0658. The third-order valence-corrected chi connectivity index (χ3v) is 3.28. The van der Waals surface area contributed by atoms with Gasteiger partial charge in [0.1, 0.15) is 5.69 Å². The quantitative estimate of drug-likeness (QED) is 0.828. The molecule has 0 fully saturated rings. The normalized spacial score (nSPS) is 13.2. The number of aromatic nitrogens is 1. The van der Waals surface area contributed by atoms with Crippen molar-refractivity contribution in [3.63, 3.8) is 0 Å². The Morgan fingerprint density at radius 1 is 1.18 bits per heavy atom. The number of anilines is 1. The number of carboxylic acid groups (broad SMARTS) is 1. The van der Waals surface area contributed by atoms with Crippen LogP contribution in [0, 0.1) is 0 Å². The highest BCUT2D eigenvalue weighted by Crippen LogP contribution is 2.20. The van der Waals surface area contributed by atoms with E-state index in [0.717, 1.165) is 4.90 Å². The molecule has 110 valence electrons. The fourth-order valence-electron chi connectivity index (χ4n) is 2.19. The zero-order chi connectivity index (χ0) is 15.7. The van der Waals surface area contributed by atoms with Gasteiger partial charge in [-0.25, -0.2) is 4.79 Å². The van der Waals surface area contributed by atoms with Gasteiger partial charge in [0.15, 0.2) is 0 Å². The maximum atomic E-state index is 12.1. The fourth-order valence-corrected chi connectivity index (χ4v) is 2.19.